The van der Waals surface area contributed by atoms with Crippen LogP contribution in [-0.4, -0.2) is 29.4 Å². The van der Waals surface area contributed by atoms with Crippen LogP contribution in [0.1, 0.15) is 129 Å². The van der Waals surface area contributed by atoms with Crippen molar-refractivity contribution in [3.8, 4) is 0 Å². The topological polar surface area (TPSA) is 77.4 Å². The summed E-state index contributed by atoms with van der Waals surface area (Å²) in [6.07, 6.45) is 18.1. The van der Waals surface area contributed by atoms with Crippen LogP contribution in [0.25, 0.3) is 0 Å². The van der Waals surface area contributed by atoms with Crippen molar-refractivity contribution in [3.63, 3.8) is 0 Å². The van der Waals surface area contributed by atoms with Crippen molar-refractivity contribution >= 4 is 10.1 Å². The van der Waals surface area contributed by atoms with Gasteiger partial charge in [0.1, 0.15) is 0 Å². The molecule has 164 valence electrons. The Labute approximate surface area is 218 Å². The average molecular weight is 445 g/mol. The molecule has 0 saturated heterocycles. The fourth-order valence-corrected chi connectivity index (χ4v) is 4.55. The molecule has 4 nitrogen and oxygen atoms in total. The van der Waals surface area contributed by atoms with E-state index in [1.165, 1.54) is 38.5 Å². The molecule has 0 saturated carbocycles. The molecule has 6 heteroatoms. The first-order valence-electron chi connectivity index (χ1n) is 11.5. The Morgan fingerprint density at radius 1 is 0.643 bits per heavy atom. The smallest absolute Gasteiger partial charge is 0.748 e. The largest absolute Gasteiger partial charge is 1.00 e. The zero-order valence-corrected chi connectivity index (χ0v) is 22.9. The second kappa shape index (κ2) is 21.7. The minimum absolute atomic E-state index is 0. The van der Waals surface area contributed by atoms with E-state index >= 15 is 0 Å². The van der Waals surface area contributed by atoms with Crippen molar-refractivity contribution in [2.75, 3.05) is 0 Å². The van der Waals surface area contributed by atoms with Gasteiger partial charge in [0, 0.05) is 5.25 Å². The van der Waals surface area contributed by atoms with E-state index < -0.39 is 15.4 Å². The van der Waals surface area contributed by atoms with Gasteiger partial charge in [0.25, 0.3) is 0 Å². The van der Waals surface area contributed by atoms with E-state index in [0.29, 0.717) is 12.8 Å². The van der Waals surface area contributed by atoms with Gasteiger partial charge < -0.3 is 9.66 Å². The van der Waals surface area contributed by atoms with Crippen LogP contribution in [0.4, 0.5) is 0 Å². The maximum Gasteiger partial charge on any atom is 1.00 e. The Bertz CT molecular complexity index is 415. The minimum atomic E-state index is -4.16. The Morgan fingerprint density at radius 2 is 0.964 bits per heavy atom. The van der Waals surface area contributed by atoms with Crippen LogP contribution in [0, 0.1) is 0 Å². The Hall–Kier alpha value is 1.51. The molecule has 0 amide bonds. The van der Waals surface area contributed by atoms with Crippen molar-refractivity contribution in [1.82, 2.24) is 0 Å². The van der Waals surface area contributed by atoms with E-state index in [9.17, 15) is 18.1 Å². The number of hydrogen-bond acceptors (Lipinski definition) is 4. The SMILES string of the molecule is CCCCCCCCCC(O)CCCCCCC(CCCCC)S(=O)(=O)[O-].[K+]. The van der Waals surface area contributed by atoms with Crippen LogP contribution in [-0.2, 0) is 10.1 Å². The van der Waals surface area contributed by atoms with Gasteiger partial charge in [0.2, 0.25) is 0 Å². The van der Waals surface area contributed by atoms with Crippen LogP contribution in [0.3, 0.4) is 0 Å². The monoisotopic (exact) mass is 444 g/mol. The Morgan fingerprint density at radius 3 is 1.39 bits per heavy atom. The molecule has 0 aromatic rings. The van der Waals surface area contributed by atoms with Crippen LogP contribution in [0.2, 0.25) is 0 Å². The minimum Gasteiger partial charge on any atom is -0.748 e. The third-order valence-corrected chi connectivity index (χ3v) is 6.78. The molecule has 0 bridgehead atoms. The number of rotatable bonds is 20. The summed E-state index contributed by atoms with van der Waals surface area (Å²) in [4.78, 5) is 0. The van der Waals surface area contributed by atoms with Gasteiger partial charge in [-0.1, -0.05) is 104 Å². The molecule has 0 radical (unpaired) electrons. The summed E-state index contributed by atoms with van der Waals surface area (Å²) in [7, 11) is -4.16. The molecule has 0 rings (SSSR count). The fourth-order valence-electron chi connectivity index (χ4n) is 3.64. The molecule has 1 N–H and O–H groups in total. The third-order valence-electron chi connectivity index (χ3n) is 5.49. The summed E-state index contributed by atoms with van der Waals surface area (Å²) in [6, 6.07) is 0. The van der Waals surface area contributed by atoms with Crippen molar-refractivity contribution < 1.29 is 69.5 Å². The first-order valence-corrected chi connectivity index (χ1v) is 13.0. The molecule has 2 unspecified atom stereocenters. The van der Waals surface area contributed by atoms with Gasteiger partial charge in [-0.2, -0.15) is 0 Å². The number of aliphatic hydroxyl groups excluding tert-OH is 1. The van der Waals surface area contributed by atoms with E-state index in [2.05, 4.69) is 13.8 Å². The summed E-state index contributed by atoms with van der Waals surface area (Å²) < 4.78 is 34.0. The summed E-state index contributed by atoms with van der Waals surface area (Å²) in [6.45, 7) is 4.30. The normalized spacial score (nSPS) is 13.9. The van der Waals surface area contributed by atoms with Gasteiger partial charge in [0.05, 0.1) is 16.2 Å². The van der Waals surface area contributed by atoms with Crippen LogP contribution < -0.4 is 51.4 Å². The summed E-state index contributed by atoms with van der Waals surface area (Å²) in [5.41, 5.74) is 0. The van der Waals surface area contributed by atoms with Gasteiger partial charge >= 0.3 is 51.4 Å². The summed E-state index contributed by atoms with van der Waals surface area (Å²) >= 11 is 0. The van der Waals surface area contributed by atoms with Crippen molar-refractivity contribution in [2.45, 2.75) is 141 Å². The predicted octanol–water partition coefficient (Wildman–Crippen LogP) is 3.33. The van der Waals surface area contributed by atoms with Crippen LogP contribution in [0.15, 0.2) is 0 Å². The molecule has 0 aliphatic rings. The first kappa shape index (κ1) is 31.7. The second-order valence-corrected chi connectivity index (χ2v) is 9.82. The molecule has 2 atom stereocenters. The molecule has 0 heterocycles. The standard InChI is InChI=1S/C22H46O4S.K/c1-3-5-7-8-9-10-14-17-21(23)18-15-11-12-16-20-22(27(24,25)26)19-13-6-4-2;/h21-23H,3-20H2,1-2H3,(H,24,25,26);/q;+1/p-1. The summed E-state index contributed by atoms with van der Waals surface area (Å²) in [5.74, 6) is 0. The molecular weight excluding hydrogens is 399 g/mol. The maximum atomic E-state index is 11.3. The van der Waals surface area contributed by atoms with Gasteiger partial charge in [0.15, 0.2) is 0 Å². The molecule has 0 spiro atoms. The van der Waals surface area contributed by atoms with Gasteiger partial charge in [-0.15, -0.1) is 0 Å². The van der Waals surface area contributed by atoms with E-state index in [-0.39, 0.29) is 57.5 Å². The van der Waals surface area contributed by atoms with Crippen LogP contribution >= 0.6 is 0 Å². The molecular formula is C22H45KO4S. The van der Waals surface area contributed by atoms with E-state index in [1.807, 2.05) is 0 Å². The second-order valence-electron chi connectivity index (χ2n) is 8.17. The van der Waals surface area contributed by atoms with Gasteiger partial charge in [-0.25, -0.2) is 8.42 Å². The van der Waals surface area contributed by atoms with Crippen molar-refractivity contribution in [1.29, 1.82) is 0 Å². The molecule has 28 heavy (non-hydrogen) atoms. The molecule has 0 aliphatic heterocycles. The zero-order chi connectivity index (χ0) is 20.4. The van der Waals surface area contributed by atoms with Gasteiger partial charge in [-0.3, -0.25) is 0 Å². The molecule has 0 aromatic carbocycles. The molecule has 0 aromatic heterocycles. The van der Waals surface area contributed by atoms with Crippen molar-refractivity contribution in [3.05, 3.63) is 0 Å². The first-order chi connectivity index (χ1) is 12.9. The quantitative estimate of drug-likeness (QED) is 0.177. The number of aliphatic hydroxyl groups is 1. The Balaban J connectivity index is 0. The van der Waals surface area contributed by atoms with Crippen molar-refractivity contribution in [2.24, 2.45) is 0 Å². The Kier molecular flexibility index (Phi) is 24.6. The molecule has 0 fully saturated rings. The zero-order valence-electron chi connectivity index (χ0n) is 19.0. The fraction of sp³-hybridized carbons (Fsp3) is 1.00. The van der Waals surface area contributed by atoms with E-state index in [0.717, 1.165) is 64.2 Å². The van der Waals surface area contributed by atoms with Crippen LogP contribution in [0.5, 0.6) is 0 Å². The maximum absolute atomic E-state index is 11.3. The van der Waals surface area contributed by atoms with E-state index in [1.54, 1.807) is 0 Å². The third kappa shape index (κ3) is 20.8. The van der Waals surface area contributed by atoms with Gasteiger partial charge in [-0.05, 0) is 25.7 Å². The number of unbranched alkanes of at least 4 members (excludes halogenated alkanes) is 11. The average Bonchev–Trinajstić information content (AvgIpc) is 2.61. The number of hydrogen-bond donors (Lipinski definition) is 1. The summed E-state index contributed by atoms with van der Waals surface area (Å²) in [5, 5.41) is 9.34. The molecule has 0 aliphatic carbocycles. The predicted molar refractivity (Wildman–Crippen MR) is 114 cm³/mol. The van der Waals surface area contributed by atoms with E-state index in [4.69, 9.17) is 0 Å².